The Kier molecular flexibility index (Phi) is 5.37. The highest BCUT2D eigenvalue weighted by atomic mass is 16.5. The molecular weight excluding hydrogens is 330 g/mol. The molecule has 0 unspecified atom stereocenters. The van der Waals surface area contributed by atoms with E-state index in [1.165, 1.54) is 7.11 Å². The minimum absolute atomic E-state index is 0.0158. The number of rotatable bonds is 6. The van der Waals surface area contributed by atoms with Crippen LogP contribution in [0.5, 0.6) is 11.5 Å². The molecule has 0 amide bonds. The molecular formula is C21H21NO4. The molecule has 0 aliphatic heterocycles. The lowest BCUT2D eigenvalue weighted by Gasteiger charge is -2.13. The van der Waals surface area contributed by atoms with Crippen molar-refractivity contribution in [2.45, 2.75) is 26.6 Å². The van der Waals surface area contributed by atoms with Gasteiger partial charge in [-0.15, -0.1) is 0 Å². The molecule has 1 heterocycles. The molecule has 5 nitrogen and oxygen atoms in total. The van der Waals surface area contributed by atoms with Gasteiger partial charge in [0, 0.05) is 11.5 Å². The van der Waals surface area contributed by atoms with Crippen LogP contribution in [0.1, 0.15) is 29.9 Å². The molecule has 0 aliphatic carbocycles. The van der Waals surface area contributed by atoms with Crippen LogP contribution in [0, 0.1) is 0 Å². The minimum atomic E-state index is -0.437. The monoisotopic (exact) mass is 351 g/mol. The van der Waals surface area contributed by atoms with Gasteiger partial charge in [0.05, 0.1) is 30.0 Å². The van der Waals surface area contributed by atoms with Crippen LogP contribution in [0.2, 0.25) is 0 Å². The molecule has 3 aromatic rings. The minimum Gasteiger partial charge on any atom is -0.491 e. The van der Waals surface area contributed by atoms with Crippen molar-refractivity contribution in [2.75, 3.05) is 7.11 Å². The van der Waals surface area contributed by atoms with Gasteiger partial charge >= 0.3 is 5.97 Å². The molecule has 134 valence electrons. The fourth-order valence-electron chi connectivity index (χ4n) is 2.58. The van der Waals surface area contributed by atoms with Crippen LogP contribution in [0.15, 0.2) is 54.6 Å². The van der Waals surface area contributed by atoms with Gasteiger partial charge in [-0.3, -0.25) is 0 Å². The Morgan fingerprint density at radius 1 is 1.04 bits per heavy atom. The van der Waals surface area contributed by atoms with E-state index in [1.807, 2.05) is 50.2 Å². The lowest BCUT2D eigenvalue weighted by molar-refractivity contribution is 0.0599. The Hall–Kier alpha value is -3.08. The fraction of sp³-hybridized carbons (Fsp3) is 0.238. The lowest BCUT2D eigenvalue weighted by Crippen LogP contribution is -2.08. The number of pyridine rings is 1. The van der Waals surface area contributed by atoms with Gasteiger partial charge in [0.15, 0.2) is 0 Å². The first-order valence-electron chi connectivity index (χ1n) is 8.42. The summed E-state index contributed by atoms with van der Waals surface area (Å²) in [4.78, 5) is 16.5. The summed E-state index contributed by atoms with van der Waals surface area (Å²) in [5.74, 6) is 0.649. The standard InChI is InChI=1S/C21H21NO4/c1-14(2)26-19-11-16(21(23)24-3)10-18(12-19)25-13-17-9-8-15-6-4-5-7-20(15)22-17/h4-12,14H,13H2,1-3H3. The summed E-state index contributed by atoms with van der Waals surface area (Å²) in [6, 6.07) is 16.9. The molecule has 0 atom stereocenters. The second kappa shape index (κ2) is 7.87. The van der Waals surface area contributed by atoms with E-state index < -0.39 is 5.97 Å². The molecule has 0 N–H and O–H groups in total. The maximum absolute atomic E-state index is 11.9. The molecule has 0 bridgehead atoms. The van der Waals surface area contributed by atoms with Gasteiger partial charge in [-0.05, 0) is 38.1 Å². The first kappa shape index (κ1) is 17.7. The molecule has 0 radical (unpaired) electrons. The van der Waals surface area contributed by atoms with Crippen LogP contribution >= 0.6 is 0 Å². The fourth-order valence-corrected chi connectivity index (χ4v) is 2.58. The molecule has 1 aromatic heterocycles. The topological polar surface area (TPSA) is 57.7 Å². The second-order valence-corrected chi connectivity index (χ2v) is 6.14. The number of carbonyl (C=O) groups is 1. The van der Waals surface area contributed by atoms with E-state index in [9.17, 15) is 4.79 Å². The molecule has 0 aliphatic rings. The SMILES string of the molecule is COC(=O)c1cc(OCc2ccc3ccccc3n2)cc(OC(C)C)c1. The zero-order valence-electron chi connectivity index (χ0n) is 15.1. The van der Waals surface area contributed by atoms with Crippen LogP contribution in [0.25, 0.3) is 10.9 Å². The molecule has 5 heteroatoms. The average Bonchev–Trinajstić information content (AvgIpc) is 2.64. The summed E-state index contributed by atoms with van der Waals surface area (Å²) >= 11 is 0. The summed E-state index contributed by atoms with van der Waals surface area (Å²) in [5, 5.41) is 1.08. The third kappa shape index (κ3) is 4.30. The maximum atomic E-state index is 11.9. The Labute approximate surface area is 152 Å². The molecule has 0 saturated heterocycles. The van der Waals surface area contributed by atoms with E-state index in [-0.39, 0.29) is 12.7 Å². The van der Waals surface area contributed by atoms with Crippen molar-refractivity contribution in [2.24, 2.45) is 0 Å². The summed E-state index contributed by atoms with van der Waals surface area (Å²) in [7, 11) is 1.35. The highest BCUT2D eigenvalue weighted by molar-refractivity contribution is 5.90. The third-order valence-corrected chi connectivity index (χ3v) is 3.72. The molecule has 3 rings (SSSR count). The maximum Gasteiger partial charge on any atom is 0.338 e. The Morgan fingerprint density at radius 2 is 1.81 bits per heavy atom. The van der Waals surface area contributed by atoms with Gasteiger partial charge in [-0.25, -0.2) is 9.78 Å². The van der Waals surface area contributed by atoms with Crippen molar-refractivity contribution >= 4 is 16.9 Å². The zero-order chi connectivity index (χ0) is 18.5. The number of benzene rings is 2. The van der Waals surface area contributed by atoms with Crippen LogP contribution in [-0.4, -0.2) is 24.2 Å². The second-order valence-electron chi connectivity index (χ2n) is 6.14. The van der Waals surface area contributed by atoms with Crippen LogP contribution in [0.3, 0.4) is 0 Å². The van der Waals surface area contributed by atoms with Crippen molar-refractivity contribution in [3.63, 3.8) is 0 Å². The summed E-state index contributed by atoms with van der Waals surface area (Å²) in [6.45, 7) is 4.13. The van der Waals surface area contributed by atoms with Crippen molar-refractivity contribution in [1.29, 1.82) is 0 Å². The Morgan fingerprint density at radius 3 is 2.58 bits per heavy atom. The molecule has 0 saturated carbocycles. The number of hydrogen-bond donors (Lipinski definition) is 0. The largest absolute Gasteiger partial charge is 0.491 e. The summed E-state index contributed by atoms with van der Waals surface area (Å²) in [6.07, 6.45) is -0.0158. The lowest BCUT2D eigenvalue weighted by atomic mass is 10.2. The van der Waals surface area contributed by atoms with E-state index >= 15 is 0 Å². The molecule has 26 heavy (non-hydrogen) atoms. The quantitative estimate of drug-likeness (QED) is 0.617. The van der Waals surface area contributed by atoms with Crippen molar-refractivity contribution in [1.82, 2.24) is 4.98 Å². The van der Waals surface area contributed by atoms with Crippen LogP contribution in [0.4, 0.5) is 0 Å². The predicted octanol–water partition coefficient (Wildman–Crippen LogP) is 4.39. The van der Waals surface area contributed by atoms with Gasteiger partial charge in [-0.1, -0.05) is 24.3 Å². The van der Waals surface area contributed by atoms with Crippen LogP contribution < -0.4 is 9.47 Å². The van der Waals surface area contributed by atoms with E-state index in [0.717, 1.165) is 16.6 Å². The molecule has 0 spiro atoms. The van der Waals surface area contributed by atoms with Gasteiger partial charge in [0.2, 0.25) is 0 Å². The Bertz CT molecular complexity index is 921. The number of aromatic nitrogens is 1. The summed E-state index contributed by atoms with van der Waals surface area (Å²) in [5.41, 5.74) is 2.10. The smallest absolute Gasteiger partial charge is 0.338 e. The molecule has 0 fully saturated rings. The van der Waals surface area contributed by atoms with Crippen molar-refractivity contribution in [3.8, 4) is 11.5 Å². The normalized spacial score (nSPS) is 10.8. The van der Waals surface area contributed by atoms with Gasteiger partial charge in [0.1, 0.15) is 18.1 Å². The van der Waals surface area contributed by atoms with Gasteiger partial charge < -0.3 is 14.2 Å². The highest BCUT2D eigenvalue weighted by Crippen LogP contribution is 2.25. The van der Waals surface area contributed by atoms with Crippen molar-refractivity contribution < 1.29 is 19.0 Å². The highest BCUT2D eigenvalue weighted by Gasteiger charge is 2.12. The van der Waals surface area contributed by atoms with Gasteiger partial charge in [-0.2, -0.15) is 0 Å². The number of methoxy groups -OCH3 is 1. The molecule has 2 aromatic carbocycles. The third-order valence-electron chi connectivity index (χ3n) is 3.72. The van der Waals surface area contributed by atoms with Crippen LogP contribution in [-0.2, 0) is 11.3 Å². The Balaban J connectivity index is 1.81. The number of para-hydroxylation sites is 1. The number of fused-ring (bicyclic) bond motifs is 1. The zero-order valence-corrected chi connectivity index (χ0v) is 15.1. The van der Waals surface area contributed by atoms with Crippen molar-refractivity contribution in [3.05, 3.63) is 65.9 Å². The average molecular weight is 351 g/mol. The number of carbonyl (C=O) groups excluding carboxylic acids is 1. The van der Waals surface area contributed by atoms with E-state index in [1.54, 1.807) is 18.2 Å². The van der Waals surface area contributed by atoms with E-state index in [4.69, 9.17) is 14.2 Å². The predicted molar refractivity (Wildman–Crippen MR) is 99.6 cm³/mol. The number of nitrogens with zero attached hydrogens (tertiary/aromatic N) is 1. The van der Waals surface area contributed by atoms with Gasteiger partial charge in [0.25, 0.3) is 0 Å². The summed E-state index contributed by atoms with van der Waals surface area (Å²) < 4.78 is 16.3. The number of esters is 1. The first-order valence-corrected chi connectivity index (χ1v) is 8.42. The first-order chi connectivity index (χ1) is 12.5. The number of ether oxygens (including phenoxy) is 3. The van der Waals surface area contributed by atoms with E-state index in [2.05, 4.69) is 4.98 Å². The van der Waals surface area contributed by atoms with E-state index in [0.29, 0.717) is 17.1 Å². The number of hydrogen-bond acceptors (Lipinski definition) is 5.